The van der Waals surface area contributed by atoms with Gasteiger partial charge in [0, 0.05) is 36.9 Å². The number of rotatable bonds is 4. The van der Waals surface area contributed by atoms with Crippen LogP contribution in [0.5, 0.6) is 0 Å². The minimum atomic E-state index is -4.75. The lowest BCUT2D eigenvalue weighted by Crippen LogP contribution is -2.43. The first-order valence-electron chi connectivity index (χ1n) is 9.61. The van der Waals surface area contributed by atoms with E-state index in [2.05, 4.69) is 15.0 Å². The highest BCUT2D eigenvalue weighted by Crippen LogP contribution is 2.38. The number of benzene rings is 1. The molecule has 0 saturated carbocycles. The molecule has 1 amide bonds. The molecule has 1 saturated heterocycles. The van der Waals surface area contributed by atoms with Crippen molar-refractivity contribution in [3.05, 3.63) is 66.0 Å². The van der Waals surface area contributed by atoms with Gasteiger partial charge in [-0.1, -0.05) is 0 Å². The van der Waals surface area contributed by atoms with Gasteiger partial charge in [-0.2, -0.15) is 18.4 Å². The molecule has 33 heavy (non-hydrogen) atoms. The molecule has 0 N–H and O–H groups in total. The van der Waals surface area contributed by atoms with Gasteiger partial charge in [0.05, 0.1) is 22.9 Å². The second-order valence-corrected chi connectivity index (χ2v) is 8.13. The van der Waals surface area contributed by atoms with Crippen molar-refractivity contribution in [3.8, 4) is 12.0 Å². The van der Waals surface area contributed by atoms with Gasteiger partial charge >= 0.3 is 6.18 Å². The van der Waals surface area contributed by atoms with Crippen LogP contribution < -0.4 is 4.90 Å². The Morgan fingerprint density at radius 1 is 1.21 bits per heavy atom. The smallest absolute Gasteiger partial charge is 0.330 e. The average molecular weight is 471 g/mol. The Balaban J connectivity index is 1.64. The summed E-state index contributed by atoms with van der Waals surface area (Å²) in [7, 11) is 0. The standard InChI is InChI=1S/C21H16F3N7OS/c1-20(2)17(32)31(15-4-3-14(8-25)16(7-15)21(22,23)24)19(33)30(20)11-13-9-27-18(28-10-13)29-6-5-26-12-29/h3-7,9-10,12H,11H2,1-2H3. The fraction of sp³-hybridized carbons (Fsp3) is 0.238. The quantitative estimate of drug-likeness (QED) is 0.538. The van der Waals surface area contributed by atoms with Crippen molar-refractivity contribution in [1.29, 1.82) is 5.26 Å². The molecular weight excluding hydrogens is 455 g/mol. The second-order valence-electron chi connectivity index (χ2n) is 7.77. The minimum Gasteiger partial charge on any atom is -0.330 e. The number of nitrogens with zero attached hydrogens (tertiary/aromatic N) is 7. The number of hydrogen-bond donors (Lipinski definition) is 0. The molecular formula is C21H16F3N7OS. The largest absolute Gasteiger partial charge is 0.417 e. The van der Waals surface area contributed by atoms with E-state index in [0.29, 0.717) is 11.5 Å². The molecule has 1 aliphatic rings. The Kier molecular flexibility index (Phi) is 5.37. The number of halogens is 3. The second kappa shape index (κ2) is 7.93. The van der Waals surface area contributed by atoms with Crippen LogP contribution in [0.1, 0.15) is 30.5 Å². The van der Waals surface area contributed by atoms with Crippen LogP contribution in [0.25, 0.3) is 5.95 Å². The molecule has 0 spiro atoms. The van der Waals surface area contributed by atoms with Crippen LogP contribution in [0.2, 0.25) is 0 Å². The minimum absolute atomic E-state index is 0.0431. The SMILES string of the molecule is CC1(C)C(=O)N(c2ccc(C#N)c(C(F)(F)F)c2)C(=S)N1Cc1cnc(-n2ccnc2)nc1. The molecule has 12 heteroatoms. The molecule has 3 heterocycles. The van der Waals surface area contributed by atoms with Gasteiger partial charge < -0.3 is 4.90 Å². The highest BCUT2D eigenvalue weighted by atomic mass is 32.1. The predicted octanol–water partition coefficient (Wildman–Crippen LogP) is 3.47. The topological polar surface area (TPSA) is 90.9 Å². The normalized spacial score (nSPS) is 15.8. The zero-order valence-corrected chi connectivity index (χ0v) is 18.2. The zero-order valence-electron chi connectivity index (χ0n) is 17.4. The van der Waals surface area contributed by atoms with E-state index in [9.17, 15) is 18.0 Å². The number of thiocarbonyl (C=S) groups is 1. The zero-order chi connectivity index (χ0) is 24.0. The van der Waals surface area contributed by atoms with Crippen molar-refractivity contribution < 1.29 is 18.0 Å². The lowest BCUT2D eigenvalue weighted by Gasteiger charge is -2.29. The lowest BCUT2D eigenvalue weighted by molar-refractivity contribution is -0.137. The van der Waals surface area contributed by atoms with E-state index in [4.69, 9.17) is 17.5 Å². The van der Waals surface area contributed by atoms with Crippen molar-refractivity contribution in [1.82, 2.24) is 24.4 Å². The van der Waals surface area contributed by atoms with Gasteiger partial charge in [0.2, 0.25) is 5.95 Å². The maximum absolute atomic E-state index is 13.4. The van der Waals surface area contributed by atoms with Gasteiger partial charge in [0.25, 0.3) is 5.91 Å². The first-order chi connectivity index (χ1) is 15.5. The highest BCUT2D eigenvalue weighted by Gasteiger charge is 2.50. The monoisotopic (exact) mass is 471 g/mol. The summed E-state index contributed by atoms with van der Waals surface area (Å²) in [5.41, 5.74) is -2.20. The fourth-order valence-corrected chi connectivity index (χ4v) is 3.94. The van der Waals surface area contributed by atoms with E-state index in [1.807, 2.05) is 0 Å². The van der Waals surface area contributed by atoms with E-state index in [1.165, 1.54) is 12.1 Å². The maximum Gasteiger partial charge on any atom is 0.417 e. The lowest BCUT2D eigenvalue weighted by atomic mass is 10.0. The Morgan fingerprint density at radius 2 is 1.91 bits per heavy atom. The van der Waals surface area contributed by atoms with Crippen molar-refractivity contribution >= 4 is 28.9 Å². The number of carbonyl (C=O) groups is 1. The van der Waals surface area contributed by atoms with Crippen molar-refractivity contribution in [2.24, 2.45) is 0 Å². The summed E-state index contributed by atoms with van der Waals surface area (Å²) in [5, 5.41) is 9.07. The number of amides is 1. The van der Waals surface area contributed by atoms with Gasteiger partial charge in [-0.15, -0.1) is 0 Å². The predicted molar refractivity (Wildman–Crippen MR) is 115 cm³/mol. The summed E-state index contributed by atoms with van der Waals surface area (Å²) >= 11 is 5.49. The molecule has 0 bridgehead atoms. The van der Waals surface area contributed by atoms with Crippen molar-refractivity contribution in [2.45, 2.75) is 32.1 Å². The van der Waals surface area contributed by atoms with E-state index in [0.717, 1.165) is 17.0 Å². The van der Waals surface area contributed by atoms with Crippen molar-refractivity contribution in [2.75, 3.05) is 4.90 Å². The summed E-state index contributed by atoms with van der Waals surface area (Å²) in [6.07, 6.45) is 3.24. The summed E-state index contributed by atoms with van der Waals surface area (Å²) < 4.78 is 41.9. The molecule has 1 aromatic carbocycles. The highest BCUT2D eigenvalue weighted by molar-refractivity contribution is 7.80. The Labute approximate surface area is 191 Å². The molecule has 0 atom stereocenters. The van der Waals surface area contributed by atoms with Crippen LogP contribution >= 0.6 is 12.2 Å². The fourth-order valence-electron chi connectivity index (χ4n) is 3.46. The summed E-state index contributed by atoms with van der Waals surface area (Å²) in [6.45, 7) is 3.44. The number of carbonyl (C=O) groups excluding carboxylic acids is 1. The van der Waals surface area contributed by atoms with Gasteiger partial charge in [-0.3, -0.25) is 14.3 Å². The van der Waals surface area contributed by atoms with Crippen LogP contribution in [0.3, 0.4) is 0 Å². The molecule has 1 aliphatic heterocycles. The average Bonchev–Trinajstić information content (AvgIpc) is 3.36. The number of nitriles is 1. The summed E-state index contributed by atoms with van der Waals surface area (Å²) in [5.74, 6) is -0.0734. The summed E-state index contributed by atoms with van der Waals surface area (Å²) in [4.78, 5) is 28.3. The Bertz CT molecular complexity index is 1260. The molecule has 0 unspecified atom stereocenters. The third kappa shape index (κ3) is 3.91. The molecule has 0 radical (unpaired) electrons. The third-order valence-electron chi connectivity index (χ3n) is 5.28. The van der Waals surface area contributed by atoms with E-state index in [-0.39, 0.29) is 17.3 Å². The molecule has 0 aliphatic carbocycles. The molecule has 4 rings (SSSR count). The van der Waals surface area contributed by atoms with Gasteiger partial charge in [-0.05, 0) is 44.3 Å². The Hall–Kier alpha value is -3.85. The van der Waals surface area contributed by atoms with Crippen LogP contribution in [0.4, 0.5) is 18.9 Å². The number of imidazole rings is 1. The summed E-state index contributed by atoms with van der Waals surface area (Å²) in [6, 6.07) is 4.61. The maximum atomic E-state index is 13.4. The molecule has 2 aromatic heterocycles. The Morgan fingerprint density at radius 3 is 2.48 bits per heavy atom. The molecule has 3 aromatic rings. The third-order valence-corrected chi connectivity index (χ3v) is 5.68. The van der Waals surface area contributed by atoms with Crippen LogP contribution in [-0.2, 0) is 17.5 Å². The van der Waals surface area contributed by atoms with Gasteiger partial charge in [0.1, 0.15) is 11.9 Å². The van der Waals surface area contributed by atoms with Gasteiger partial charge in [0.15, 0.2) is 5.11 Å². The van der Waals surface area contributed by atoms with E-state index in [1.54, 1.807) is 54.4 Å². The van der Waals surface area contributed by atoms with Crippen LogP contribution in [0.15, 0.2) is 49.3 Å². The van der Waals surface area contributed by atoms with E-state index >= 15 is 0 Å². The van der Waals surface area contributed by atoms with E-state index < -0.39 is 28.7 Å². The first kappa shape index (κ1) is 22.3. The number of alkyl halides is 3. The molecule has 8 nitrogen and oxygen atoms in total. The van der Waals surface area contributed by atoms with Gasteiger partial charge in [-0.25, -0.2) is 15.0 Å². The number of aromatic nitrogens is 4. The van der Waals surface area contributed by atoms with Crippen LogP contribution in [-0.4, -0.2) is 41.0 Å². The molecule has 1 fully saturated rings. The number of anilines is 1. The number of hydrogen-bond acceptors (Lipinski definition) is 6. The van der Waals surface area contributed by atoms with Crippen LogP contribution in [0, 0.1) is 11.3 Å². The first-order valence-corrected chi connectivity index (χ1v) is 10.0. The molecule has 168 valence electrons. The van der Waals surface area contributed by atoms with Crippen molar-refractivity contribution in [3.63, 3.8) is 0 Å².